The molecule has 3 N–H and O–H groups in total. The van der Waals surface area contributed by atoms with E-state index in [0.29, 0.717) is 12.5 Å². The minimum absolute atomic E-state index is 0.284. The van der Waals surface area contributed by atoms with Crippen LogP contribution in [0.5, 0.6) is 0 Å². The topological polar surface area (TPSA) is 56.7 Å². The van der Waals surface area contributed by atoms with Gasteiger partial charge in [0.05, 0.1) is 13.2 Å². The van der Waals surface area contributed by atoms with Gasteiger partial charge in [-0.15, -0.1) is 0 Å². The summed E-state index contributed by atoms with van der Waals surface area (Å²) >= 11 is 5.99. The van der Waals surface area contributed by atoms with Gasteiger partial charge in [-0.2, -0.15) is 0 Å². The summed E-state index contributed by atoms with van der Waals surface area (Å²) in [5.74, 6) is 0.293. The van der Waals surface area contributed by atoms with E-state index in [0.717, 1.165) is 35.7 Å². The van der Waals surface area contributed by atoms with Gasteiger partial charge in [0.2, 0.25) is 0 Å². The second-order valence-electron chi connectivity index (χ2n) is 5.59. The molecule has 0 aromatic heterocycles. The van der Waals surface area contributed by atoms with Gasteiger partial charge >= 0.3 is 0 Å². The second-order valence-corrected chi connectivity index (χ2v) is 6.02. The molecule has 2 aromatic rings. The lowest BCUT2D eigenvalue weighted by molar-refractivity contribution is 0.275. The first kappa shape index (κ1) is 19.2. The molecule has 0 atom stereocenters. The molecule has 0 bridgehead atoms. The largest absolute Gasteiger partial charge is 0.392 e. The van der Waals surface area contributed by atoms with Crippen molar-refractivity contribution in [2.45, 2.75) is 26.5 Å². The predicted octanol–water partition coefficient (Wildman–Crippen LogP) is 3.27. The molecule has 0 saturated carbocycles. The average molecular weight is 364 g/mol. The Labute approximate surface area is 152 Å². The Kier molecular flexibility index (Phi) is 7.70. The Morgan fingerprint density at radius 3 is 2.72 bits per heavy atom. The number of rotatable bonds is 7. The maximum atomic E-state index is 13.4. The van der Waals surface area contributed by atoms with Crippen molar-refractivity contribution < 1.29 is 9.50 Å². The molecule has 134 valence electrons. The molecular formula is C19H23ClFN3O. The van der Waals surface area contributed by atoms with Crippen LogP contribution >= 0.6 is 11.6 Å². The van der Waals surface area contributed by atoms with Crippen molar-refractivity contribution in [1.82, 2.24) is 10.6 Å². The fraction of sp³-hybridized carbons (Fsp3) is 0.316. The number of halogens is 2. The number of hydrogen-bond donors (Lipinski definition) is 3. The summed E-state index contributed by atoms with van der Waals surface area (Å²) in [4.78, 5) is 4.50. The van der Waals surface area contributed by atoms with Gasteiger partial charge in [0, 0.05) is 23.7 Å². The summed E-state index contributed by atoms with van der Waals surface area (Å²) in [5, 5.41) is 16.3. The lowest BCUT2D eigenvalue weighted by Crippen LogP contribution is -2.38. The Balaban J connectivity index is 1.93. The number of hydrogen-bond acceptors (Lipinski definition) is 2. The highest BCUT2D eigenvalue weighted by Crippen LogP contribution is 2.12. The number of aliphatic hydroxyl groups is 1. The molecule has 2 aromatic carbocycles. The minimum Gasteiger partial charge on any atom is -0.392 e. The Bertz CT molecular complexity index is 722. The summed E-state index contributed by atoms with van der Waals surface area (Å²) in [5.41, 5.74) is 2.28. The first-order chi connectivity index (χ1) is 12.1. The fourth-order valence-corrected chi connectivity index (χ4v) is 2.59. The molecule has 0 saturated heterocycles. The lowest BCUT2D eigenvalue weighted by Gasteiger charge is -2.12. The Morgan fingerprint density at radius 1 is 1.16 bits per heavy atom. The van der Waals surface area contributed by atoms with E-state index in [4.69, 9.17) is 16.7 Å². The number of benzene rings is 2. The standard InChI is InChI=1S/C19H23ClFN3O/c1-2-22-19(23-9-8-14-4-3-5-17(20)11-14)24-12-15-6-7-18(21)16(10-15)13-25/h3-7,10-11,25H,2,8-9,12-13H2,1H3,(H2,22,23,24). The van der Waals surface area contributed by atoms with Gasteiger partial charge in [0.25, 0.3) is 0 Å². The highest BCUT2D eigenvalue weighted by atomic mass is 35.5. The molecule has 0 aliphatic carbocycles. The van der Waals surface area contributed by atoms with Crippen LogP contribution in [0, 0.1) is 5.82 Å². The predicted molar refractivity (Wildman–Crippen MR) is 100 cm³/mol. The van der Waals surface area contributed by atoms with Gasteiger partial charge in [0.15, 0.2) is 5.96 Å². The van der Waals surface area contributed by atoms with Crippen LogP contribution in [0.2, 0.25) is 5.02 Å². The average Bonchev–Trinajstić information content (AvgIpc) is 2.61. The summed E-state index contributed by atoms with van der Waals surface area (Å²) in [6, 6.07) is 12.4. The fourth-order valence-electron chi connectivity index (χ4n) is 2.38. The monoisotopic (exact) mass is 363 g/mol. The quantitative estimate of drug-likeness (QED) is 0.522. The molecule has 4 nitrogen and oxygen atoms in total. The van der Waals surface area contributed by atoms with E-state index >= 15 is 0 Å². The number of nitrogens with zero attached hydrogens (tertiary/aromatic N) is 1. The van der Waals surface area contributed by atoms with Gasteiger partial charge in [-0.05, 0) is 48.7 Å². The van der Waals surface area contributed by atoms with Gasteiger partial charge in [-0.1, -0.05) is 29.8 Å². The molecule has 0 spiro atoms. The molecule has 0 unspecified atom stereocenters. The normalized spacial score (nSPS) is 11.4. The van der Waals surface area contributed by atoms with Gasteiger partial charge in [0.1, 0.15) is 5.82 Å². The van der Waals surface area contributed by atoms with Crippen LogP contribution in [-0.4, -0.2) is 24.2 Å². The van der Waals surface area contributed by atoms with Crippen molar-refractivity contribution in [3.63, 3.8) is 0 Å². The molecule has 0 aliphatic heterocycles. The van der Waals surface area contributed by atoms with Crippen molar-refractivity contribution >= 4 is 17.6 Å². The van der Waals surface area contributed by atoms with Crippen LogP contribution in [0.3, 0.4) is 0 Å². The summed E-state index contributed by atoms with van der Waals surface area (Å²) in [7, 11) is 0. The molecular weight excluding hydrogens is 341 g/mol. The highest BCUT2D eigenvalue weighted by molar-refractivity contribution is 6.30. The molecule has 0 heterocycles. The van der Waals surface area contributed by atoms with Gasteiger partial charge < -0.3 is 15.7 Å². The zero-order valence-electron chi connectivity index (χ0n) is 14.2. The number of guanidine groups is 1. The summed E-state index contributed by atoms with van der Waals surface area (Å²) < 4.78 is 13.4. The van der Waals surface area contributed by atoms with Crippen molar-refractivity contribution in [2.24, 2.45) is 4.99 Å². The lowest BCUT2D eigenvalue weighted by atomic mass is 10.1. The van der Waals surface area contributed by atoms with Crippen LogP contribution in [0.15, 0.2) is 47.5 Å². The molecule has 6 heteroatoms. The third kappa shape index (κ3) is 6.36. The van der Waals surface area contributed by atoms with Crippen LogP contribution in [0.25, 0.3) is 0 Å². The number of aliphatic imine (C=N–C) groups is 1. The van der Waals surface area contributed by atoms with E-state index in [1.165, 1.54) is 6.07 Å². The van der Waals surface area contributed by atoms with Gasteiger partial charge in [-0.3, -0.25) is 0 Å². The van der Waals surface area contributed by atoms with Crippen LogP contribution in [-0.2, 0) is 19.6 Å². The van der Waals surface area contributed by atoms with E-state index < -0.39 is 5.82 Å². The number of nitrogens with one attached hydrogen (secondary N) is 2. The zero-order valence-corrected chi connectivity index (χ0v) is 15.0. The van der Waals surface area contributed by atoms with Gasteiger partial charge in [-0.25, -0.2) is 9.38 Å². The first-order valence-corrected chi connectivity index (χ1v) is 8.65. The van der Waals surface area contributed by atoms with Crippen LogP contribution in [0.1, 0.15) is 23.6 Å². The second kappa shape index (κ2) is 10.0. The van der Waals surface area contributed by atoms with E-state index in [9.17, 15) is 4.39 Å². The first-order valence-electron chi connectivity index (χ1n) is 8.27. The van der Waals surface area contributed by atoms with E-state index in [-0.39, 0.29) is 12.2 Å². The molecule has 0 aliphatic rings. The highest BCUT2D eigenvalue weighted by Gasteiger charge is 2.03. The molecule has 0 fully saturated rings. The Hall–Kier alpha value is -2.11. The maximum Gasteiger partial charge on any atom is 0.191 e. The van der Waals surface area contributed by atoms with Crippen molar-refractivity contribution in [2.75, 3.05) is 13.1 Å². The van der Waals surface area contributed by atoms with Crippen molar-refractivity contribution in [3.05, 3.63) is 70.0 Å². The third-order valence-electron chi connectivity index (χ3n) is 3.64. The van der Waals surface area contributed by atoms with Crippen LogP contribution < -0.4 is 10.6 Å². The third-order valence-corrected chi connectivity index (χ3v) is 3.87. The summed E-state index contributed by atoms with van der Waals surface area (Å²) in [6.07, 6.45) is 0.830. The van der Waals surface area contributed by atoms with E-state index in [1.54, 1.807) is 12.1 Å². The molecule has 0 amide bonds. The molecule has 25 heavy (non-hydrogen) atoms. The van der Waals surface area contributed by atoms with E-state index in [1.807, 2.05) is 31.2 Å². The maximum absolute atomic E-state index is 13.4. The molecule has 0 radical (unpaired) electrons. The van der Waals surface area contributed by atoms with E-state index in [2.05, 4.69) is 15.6 Å². The smallest absolute Gasteiger partial charge is 0.191 e. The Morgan fingerprint density at radius 2 is 2.00 bits per heavy atom. The van der Waals surface area contributed by atoms with Crippen LogP contribution in [0.4, 0.5) is 4.39 Å². The zero-order chi connectivity index (χ0) is 18.1. The van der Waals surface area contributed by atoms with Crippen molar-refractivity contribution in [1.29, 1.82) is 0 Å². The summed E-state index contributed by atoms with van der Waals surface area (Å²) in [6.45, 7) is 3.54. The minimum atomic E-state index is -0.401. The SMILES string of the molecule is CCNC(=NCc1ccc(F)c(CO)c1)NCCc1cccc(Cl)c1. The van der Waals surface area contributed by atoms with Crippen molar-refractivity contribution in [3.8, 4) is 0 Å². The molecule has 2 rings (SSSR count). The number of aliphatic hydroxyl groups excluding tert-OH is 1.